The van der Waals surface area contributed by atoms with Crippen LogP contribution in [0.5, 0.6) is 0 Å². The summed E-state index contributed by atoms with van der Waals surface area (Å²) in [5.41, 5.74) is 14.2. The number of hydrogen-bond donors (Lipinski definition) is 0. The molecule has 5 heteroatoms. The number of aromatic nitrogens is 4. The predicted octanol–water partition coefficient (Wildman–Crippen LogP) is 12.4. The number of benzene rings is 7. The molecular weight excluding hydrogens is 647 g/mol. The first kappa shape index (κ1) is 30.7. The van der Waals surface area contributed by atoms with Gasteiger partial charge in [0.15, 0.2) is 0 Å². The van der Waals surface area contributed by atoms with Crippen LogP contribution >= 0.6 is 0 Å². The van der Waals surface area contributed by atoms with Crippen LogP contribution in [-0.2, 0) is 0 Å². The number of anilines is 3. The molecule has 0 aliphatic rings. The SMILES string of the molecule is Cc1ccc2nc(-c3ccccc3)c(-c3ccc(N(c4ccc(-n5c6ccccc6c6ccccc65)cc4)c4cccc5cccnc45)cc3)nc2c1. The summed E-state index contributed by atoms with van der Waals surface area (Å²) in [6.45, 7) is 2.09. The summed E-state index contributed by atoms with van der Waals surface area (Å²) < 4.78 is 2.35. The second kappa shape index (κ2) is 12.6. The molecule has 0 N–H and O–H groups in total. The molecule has 10 aromatic rings. The lowest BCUT2D eigenvalue weighted by Crippen LogP contribution is -2.11. The average Bonchev–Trinajstić information content (AvgIpc) is 3.56. The van der Waals surface area contributed by atoms with Gasteiger partial charge < -0.3 is 9.47 Å². The zero-order valence-electron chi connectivity index (χ0n) is 29.1. The van der Waals surface area contributed by atoms with Crippen LogP contribution in [0.4, 0.5) is 17.1 Å². The Morgan fingerprint density at radius 1 is 0.491 bits per heavy atom. The van der Waals surface area contributed by atoms with Crippen molar-refractivity contribution in [3.05, 3.63) is 188 Å². The lowest BCUT2D eigenvalue weighted by molar-refractivity contribution is 1.17. The highest BCUT2D eigenvalue weighted by molar-refractivity contribution is 6.09. The smallest absolute Gasteiger partial charge is 0.0973 e. The van der Waals surface area contributed by atoms with E-state index in [1.54, 1.807) is 0 Å². The summed E-state index contributed by atoms with van der Waals surface area (Å²) in [6, 6.07) is 61.8. The molecule has 0 spiro atoms. The Morgan fingerprint density at radius 3 is 1.81 bits per heavy atom. The average molecular weight is 680 g/mol. The maximum Gasteiger partial charge on any atom is 0.0973 e. The third kappa shape index (κ3) is 5.29. The Labute approximate surface area is 307 Å². The molecule has 0 aliphatic heterocycles. The van der Waals surface area contributed by atoms with Gasteiger partial charge in [-0.1, -0.05) is 103 Å². The first-order chi connectivity index (χ1) is 26.2. The molecule has 10 rings (SSSR count). The molecule has 7 aromatic carbocycles. The highest BCUT2D eigenvalue weighted by Crippen LogP contribution is 2.41. The van der Waals surface area contributed by atoms with Crippen LogP contribution < -0.4 is 4.90 Å². The molecule has 0 radical (unpaired) electrons. The molecule has 5 nitrogen and oxygen atoms in total. The Kier molecular flexibility index (Phi) is 7.29. The third-order valence-corrected chi connectivity index (χ3v) is 10.1. The van der Waals surface area contributed by atoms with E-state index in [-0.39, 0.29) is 0 Å². The van der Waals surface area contributed by atoms with Crippen LogP contribution in [0, 0.1) is 6.92 Å². The van der Waals surface area contributed by atoms with Crippen LogP contribution in [0.1, 0.15) is 5.56 Å². The molecule has 0 saturated carbocycles. The lowest BCUT2D eigenvalue weighted by Gasteiger charge is -2.27. The van der Waals surface area contributed by atoms with Crippen molar-refractivity contribution in [3.8, 4) is 28.2 Å². The third-order valence-electron chi connectivity index (χ3n) is 10.1. The summed E-state index contributed by atoms with van der Waals surface area (Å²) in [5.74, 6) is 0. The van der Waals surface area contributed by atoms with E-state index in [9.17, 15) is 0 Å². The molecular formula is C48H33N5. The van der Waals surface area contributed by atoms with Crippen molar-refractivity contribution >= 4 is 60.8 Å². The van der Waals surface area contributed by atoms with Crippen molar-refractivity contribution < 1.29 is 0 Å². The molecule has 250 valence electrons. The fraction of sp³-hybridized carbons (Fsp3) is 0.0208. The maximum absolute atomic E-state index is 5.20. The van der Waals surface area contributed by atoms with Gasteiger partial charge in [-0.25, -0.2) is 9.97 Å². The first-order valence-corrected chi connectivity index (χ1v) is 17.9. The molecule has 53 heavy (non-hydrogen) atoms. The van der Waals surface area contributed by atoms with Gasteiger partial charge in [-0.15, -0.1) is 0 Å². The van der Waals surface area contributed by atoms with Crippen LogP contribution in [0.15, 0.2) is 182 Å². The molecule has 3 aromatic heterocycles. The maximum atomic E-state index is 5.20. The minimum absolute atomic E-state index is 0.856. The van der Waals surface area contributed by atoms with Gasteiger partial charge in [-0.05, 0) is 85.3 Å². The van der Waals surface area contributed by atoms with E-state index in [4.69, 9.17) is 15.0 Å². The van der Waals surface area contributed by atoms with Gasteiger partial charge in [0, 0.05) is 50.5 Å². The van der Waals surface area contributed by atoms with Gasteiger partial charge in [-0.2, -0.15) is 0 Å². The van der Waals surface area contributed by atoms with Crippen molar-refractivity contribution in [2.45, 2.75) is 6.92 Å². The predicted molar refractivity (Wildman–Crippen MR) is 219 cm³/mol. The van der Waals surface area contributed by atoms with Crippen LogP contribution in [0.25, 0.3) is 71.9 Å². The number of fused-ring (bicyclic) bond motifs is 5. The summed E-state index contributed by atoms with van der Waals surface area (Å²) >= 11 is 0. The Bertz CT molecular complexity index is 2890. The highest BCUT2D eigenvalue weighted by atomic mass is 15.1. The fourth-order valence-electron chi connectivity index (χ4n) is 7.58. The van der Waals surface area contributed by atoms with Crippen molar-refractivity contribution in [1.82, 2.24) is 19.5 Å². The van der Waals surface area contributed by atoms with Gasteiger partial charge in [0.1, 0.15) is 0 Å². The Balaban J connectivity index is 1.12. The number of nitrogens with zero attached hydrogens (tertiary/aromatic N) is 5. The quantitative estimate of drug-likeness (QED) is 0.175. The van der Waals surface area contributed by atoms with Crippen molar-refractivity contribution in [2.24, 2.45) is 0 Å². The topological polar surface area (TPSA) is 46.8 Å². The fourth-order valence-corrected chi connectivity index (χ4v) is 7.58. The highest BCUT2D eigenvalue weighted by Gasteiger charge is 2.19. The molecule has 0 fully saturated rings. The lowest BCUT2D eigenvalue weighted by atomic mass is 10.0. The molecule has 0 unspecified atom stereocenters. The second-order valence-electron chi connectivity index (χ2n) is 13.4. The van der Waals surface area contributed by atoms with Gasteiger partial charge in [0.25, 0.3) is 0 Å². The van der Waals surface area contributed by atoms with E-state index in [1.165, 1.54) is 21.8 Å². The van der Waals surface area contributed by atoms with E-state index in [1.807, 2.05) is 30.5 Å². The van der Waals surface area contributed by atoms with Gasteiger partial charge in [0.05, 0.1) is 44.7 Å². The van der Waals surface area contributed by atoms with Crippen molar-refractivity contribution in [1.29, 1.82) is 0 Å². The minimum atomic E-state index is 0.856. The molecule has 0 bridgehead atoms. The molecule has 0 amide bonds. The van der Waals surface area contributed by atoms with E-state index in [0.29, 0.717) is 0 Å². The zero-order valence-corrected chi connectivity index (χ0v) is 29.1. The summed E-state index contributed by atoms with van der Waals surface area (Å²) in [7, 11) is 0. The van der Waals surface area contributed by atoms with E-state index in [2.05, 4.69) is 168 Å². The Morgan fingerprint density at radius 2 is 1.09 bits per heavy atom. The first-order valence-electron chi connectivity index (χ1n) is 17.9. The van der Waals surface area contributed by atoms with Crippen molar-refractivity contribution in [3.63, 3.8) is 0 Å². The minimum Gasteiger partial charge on any atom is -0.309 e. The van der Waals surface area contributed by atoms with Crippen LogP contribution in [0.2, 0.25) is 0 Å². The van der Waals surface area contributed by atoms with Gasteiger partial charge in [0.2, 0.25) is 0 Å². The number of rotatable bonds is 6. The van der Waals surface area contributed by atoms with Gasteiger partial charge >= 0.3 is 0 Å². The van der Waals surface area contributed by atoms with Crippen LogP contribution in [0.3, 0.4) is 0 Å². The number of hydrogen-bond acceptors (Lipinski definition) is 4. The number of pyridine rings is 1. The number of aryl methyl sites for hydroxylation is 1. The Hall–Kier alpha value is -7.11. The molecule has 0 aliphatic carbocycles. The second-order valence-corrected chi connectivity index (χ2v) is 13.4. The summed E-state index contributed by atoms with van der Waals surface area (Å²) in [4.78, 5) is 17.5. The number of para-hydroxylation sites is 3. The molecule has 0 saturated heterocycles. The monoisotopic (exact) mass is 679 g/mol. The zero-order chi connectivity index (χ0) is 35.3. The van der Waals surface area contributed by atoms with Crippen LogP contribution in [-0.4, -0.2) is 19.5 Å². The van der Waals surface area contributed by atoms with Gasteiger partial charge in [-0.3, -0.25) is 4.98 Å². The van der Waals surface area contributed by atoms with Crippen molar-refractivity contribution in [2.75, 3.05) is 4.90 Å². The standard InChI is InChI=1S/C48H33N5/c1-32-20-29-41-42(31-32)51-48(47(50-41)34-11-3-2-4-12-34)35-21-23-36(24-22-35)52(45-19-9-13-33-14-10-30-49-46(33)45)37-25-27-38(28-26-37)53-43-17-7-5-15-39(43)40-16-6-8-18-44(40)53/h2-31H,1H3. The van der Waals surface area contributed by atoms with E-state index >= 15 is 0 Å². The largest absolute Gasteiger partial charge is 0.309 e. The summed E-state index contributed by atoms with van der Waals surface area (Å²) in [6.07, 6.45) is 1.86. The normalized spacial score (nSPS) is 11.5. The molecule has 3 heterocycles. The van der Waals surface area contributed by atoms with E-state index in [0.717, 1.165) is 72.8 Å². The molecule has 0 atom stereocenters. The summed E-state index contributed by atoms with van der Waals surface area (Å²) in [5, 5.41) is 3.58. The van der Waals surface area contributed by atoms with E-state index < -0.39 is 0 Å².